The van der Waals surface area contributed by atoms with E-state index >= 15 is 0 Å². The fourth-order valence-electron chi connectivity index (χ4n) is 2.48. The maximum Gasteiger partial charge on any atom is 0.191 e. The molecule has 2 rings (SSSR count). The van der Waals surface area contributed by atoms with E-state index in [0.29, 0.717) is 0 Å². The molecule has 28 heavy (non-hydrogen) atoms. The van der Waals surface area contributed by atoms with Crippen LogP contribution < -0.4 is 20.1 Å². The van der Waals surface area contributed by atoms with Gasteiger partial charge in [0.25, 0.3) is 0 Å². The summed E-state index contributed by atoms with van der Waals surface area (Å²) >= 11 is 3.46. The maximum absolute atomic E-state index is 5.49. The number of benzene rings is 1. The van der Waals surface area contributed by atoms with Crippen molar-refractivity contribution in [1.82, 2.24) is 15.6 Å². The van der Waals surface area contributed by atoms with Crippen molar-refractivity contribution in [2.75, 3.05) is 33.1 Å². The summed E-state index contributed by atoms with van der Waals surface area (Å²) in [6.07, 6.45) is 2.84. The highest BCUT2D eigenvalue weighted by Crippen LogP contribution is 2.29. The minimum absolute atomic E-state index is 0. The Labute approximate surface area is 192 Å². The van der Waals surface area contributed by atoms with Crippen LogP contribution in [0.2, 0.25) is 0 Å². The van der Waals surface area contributed by atoms with Crippen molar-refractivity contribution in [1.29, 1.82) is 0 Å². The van der Waals surface area contributed by atoms with Crippen LogP contribution in [0.3, 0.4) is 0 Å². The molecule has 1 aromatic carbocycles. The lowest BCUT2D eigenvalue weighted by Crippen LogP contribution is -2.39. The number of rotatable bonds is 10. The van der Waals surface area contributed by atoms with Gasteiger partial charge in [0.1, 0.15) is 15.8 Å². The number of ether oxygens (including phenoxy) is 2. The van der Waals surface area contributed by atoms with Crippen LogP contribution in [0.25, 0.3) is 0 Å². The van der Waals surface area contributed by atoms with Crippen LogP contribution in [0.5, 0.6) is 11.5 Å². The zero-order valence-electron chi connectivity index (χ0n) is 16.7. The molecule has 0 saturated heterocycles. The molecule has 0 spiro atoms. The van der Waals surface area contributed by atoms with Gasteiger partial charge in [-0.25, -0.2) is 4.98 Å². The molecule has 9 heteroatoms. The zero-order chi connectivity index (χ0) is 19.5. The maximum atomic E-state index is 5.49. The van der Waals surface area contributed by atoms with Crippen LogP contribution in [-0.2, 0) is 0 Å². The van der Waals surface area contributed by atoms with Crippen molar-refractivity contribution in [2.45, 2.75) is 30.6 Å². The molecular formula is C19H29IN4O2S2. The van der Waals surface area contributed by atoms with E-state index in [1.807, 2.05) is 29.8 Å². The van der Waals surface area contributed by atoms with Crippen molar-refractivity contribution in [3.05, 3.63) is 35.3 Å². The Morgan fingerprint density at radius 3 is 2.79 bits per heavy atom. The standard InChI is InChI=1S/C19H28N4O2S2.HI/c1-5-20-18(21-9-6-11-26-19-22-10-12-27-19)23-14(2)16-13-15(24-3)7-8-17(16)25-4;/h7-8,10,12-14H,5-6,9,11H2,1-4H3,(H2,20,21,23);1H. The van der Waals surface area contributed by atoms with Gasteiger partial charge in [0.15, 0.2) is 5.96 Å². The number of guanidine groups is 1. The van der Waals surface area contributed by atoms with Crippen molar-refractivity contribution < 1.29 is 9.47 Å². The molecule has 0 aliphatic rings. The number of nitrogens with one attached hydrogen (secondary N) is 2. The van der Waals surface area contributed by atoms with Gasteiger partial charge in [0.2, 0.25) is 0 Å². The zero-order valence-corrected chi connectivity index (χ0v) is 20.7. The summed E-state index contributed by atoms with van der Waals surface area (Å²) in [4.78, 5) is 8.97. The van der Waals surface area contributed by atoms with Crippen LogP contribution in [0.4, 0.5) is 0 Å². The van der Waals surface area contributed by atoms with Crippen LogP contribution in [0.15, 0.2) is 39.1 Å². The third kappa shape index (κ3) is 8.04. The molecular weight excluding hydrogens is 507 g/mol. The monoisotopic (exact) mass is 536 g/mol. The van der Waals surface area contributed by atoms with Gasteiger partial charge < -0.3 is 20.1 Å². The van der Waals surface area contributed by atoms with Gasteiger partial charge in [0.05, 0.1) is 20.3 Å². The molecule has 1 atom stereocenters. The van der Waals surface area contributed by atoms with E-state index in [1.54, 1.807) is 37.3 Å². The minimum atomic E-state index is 0. The van der Waals surface area contributed by atoms with Gasteiger partial charge in [-0.1, -0.05) is 11.8 Å². The van der Waals surface area contributed by atoms with E-state index in [4.69, 9.17) is 9.47 Å². The van der Waals surface area contributed by atoms with Crippen LogP contribution in [0.1, 0.15) is 31.9 Å². The van der Waals surface area contributed by atoms with Gasteiger partial charge in [-0.2, -0.15) is 0 Å². The number of hydrogen-bond acceptors (Lipinski definition) is 6. The Hall–Kier alpha value is -1.20. The second-order valence-electron chi connectivity index (χ2n) is 5.73. The Bertz CT molecular complexity index is 714. The molecule has 2 N–H and O–H groups in total. The number of nitrogens with zero attached hydrogens (tertiary/aromatic N) is 2. The molecule has 6 nitrogen and oxygen atoms in total. The Kier molecular flexibility index (Phi) is 12.3. The molecule has 0 saturated carbocycles. The van der Waals surface area contributed by atoms with Crippen molar-refractivity contribution in [2.24, 2.45) is 4.99 Å². The Morgan fingerprint density at radius 2 is 2.14 bits per heavy atom. The number of hydrogen-bond donors (Lipinski definition) is 2. The first-order valence-electron chi connectivity index (χ1n) is 8.97. The number of halogens is 1. The summed E-state index contributed by atoms with van der Waals surface area (Å²) in [5, 5.41) is 8.76. The number of thioether (sulfide) groups is 1. The molecule has 0 amide bonds. The van der Waals surface area contributed by atoms with Crippen molar-refractivity contribution in [3.63, 3.8) is 0 Å². The average molecular weight is 537 g/mol. The molecule has 2 aromatic rings. The van der Waals surface area contributed by atoms with Gasteiger partial charge in [-0.15, -0.1) is 35.3 Å². The first-order valence-corrected chi connectivity index (χ1v) is 10.8. The summed E-state index contributed by atoms with van der Waals surface area (Å²) in [5.74, 6) is 3.44. The largest absolute Gasteiger partial charge is 0.497 e. The Morgan fingerprint density at radius 1 is 1.32 bits per heavy atom. The number of methoxy groups -OCH3 is 2. The molecule has 156 valence electrons. The van der Waals surface area contributed by atoms with E-state index in [2.05, 4.69) is 34.5 Å². The topological polar surface area (TPSA) is 67.8 Å². The predicted molar refractivity (Wildman–Crippen MR) is 130 cm³/mol. The summed E-state index contributed by atoms with van der Waals surface area (Å²) < 4.78 is 11.9. The van der Waals surface area contributed by atoms with E-state index in [9.17, 15) is 0 Å². The van der Waals surface area contributed by atoms with E-state index in [1.165, 1.54) is 0 Å². The molecule has 0 aliphatic heterocycles. The molecule has 0 aliphatic carbocycles. The fourth-order valence-corrected chi connectivity index (χ4v) is 4.11. The lowest BCUT2D eigenvalue weighted by Gasteiger charge is -2.20. The third-order valence-electron chi connectivity index (χ3n) is 3.81. The quantitative estimate of drug-likeness (QED) is 0.152. The van der Waals surface area contributed by atoms with E-state index < -0.39 is 0 Å². The fraction of sp³-hybridized carbons (Fsp3) is 0.474. The molecule has 1 heterocycles. The van der Waals surface area contributed by atoms with Crippen LogP contribution >= 0.6 is 47.1 Å². The highest BCUT2D eigenvalue weighted by molar-refractivity contribution is 14.0. The predicted octanol–water partition coefficient (Wildman–Crippen LogP) is 4.58. The van der Waals surface area contributed by atoms with Gasteiger partial charge >= 0.3 is 0 Å². The second kappa shape index (κ2) is 13.9. The van der Waals surface area contributed by atoms with Gasteiger partial charge in [-0.3, -0.25) is 4.99 Å². The molecule has 1 unspecified atom stereocenters. The van der Waals surface area contributed by atoms with E-state index in [-0.39, 0.29) is 30.0 Å². The number of aliphatic imine (C=N–C) groups is 1. The first-order chi connectivity index (χ1) is 13.2. The summed E-state index contributed by atoms with van der Waals surface area (Å²) in [5.41, 5.74) is 1.03. The SMILES string of the molecule is CCNC(=NCCCSc1nccs1)NC(C)c1cc(OC)ccc1OC.I. The van der Waals surface area contributed by atoms with Crippen molar-refractivity contribution in [3.8, 4) is 11.5 Å². The van der Waals surface area contributed by atoms with Crippen LogP contribution in [-0.4, -0.2) is 44.0 Å². The lowest BCUT2D eigenvalue weighted by molar-refractivity contribution is 0.394. The van der Waals surface area contributed by atoms with Gasteiger partial charge in [0, 0.05) is 36.0 Å². The summed E-state index contributed by atoms with van der Waals surface area (Å²) in [6, 6.07) is 5.84. The number of aromatic nitrogens is 1. The smallest absolute Gasteiger partial charge is 0.191 e. The summed E-state index contributed by atoms with van der Waals surface area (Å²) in [7, 11) is 3.34. The first kappa shape index (κ1) is 24.8. The highest BCUT2D eigenvalue weighted by Gasteiger charge is 2.14. The normalized spacial score (nSPS) is 12.1. The average Bonchev–Trinajstić information content (AvgIpc) is 3.20. The second-order valence-corrected chi connectivity index (χ2v) is 7.97. The molecule has 0 fully saturated rings. The summed E-state index contributed by atoms with van der Waals surface area (Å²) in [6.45, 7) is 5.71. The Balaban J connectivity index is 0.00000392. The third-order valence-corrected chi connectivity index (χ3v) is 5.86. The molecule has 1 aromatic heterocycles. The number of thiazole rings is 1. The van der Waals surface area contributed by atoms with E-state index in [0.717, 1.165) is 52.6 Å². The molecule has 0 bridgehead atoms. The van der Waals surface area contributed by atoms with Crippen LogP contribution in [0, 0.1) is 0 Å². The lowest BCUT2D eigenvalue weighted by atomic mass is 10.1. The minimum Gasteiger partial charge on any atom is -0.497 e. The molecule has 0 radical (unpaired) electrons. The van der Waals surface area contributed by atoms with Crippen molar-refractivity contribution >= 4 is 53.0 Å². The van der Waals surface area contributed by atoms with Gasteiger partial charge in [-0.05, 0) is 38.5 Å². The highest BCUT2D eigenvalue weighted by atomic mass is 127.